The van der Waals surface area contributed by atoms with E-state index in [1.807, 2.05) is 32.0 Å². The van der Waals surface area contributed by atoms with E-state index in [0.717, 1.165) is 35.4 Å². The summed E-state index contributed by atoms with van der Waals surface area (Å²) in [6.45, 7) is 4.10. The Hall–Kier alpha value is -3.07. The summed E-state index contributed by atoms with van der Waals surface area (Å²) in [6, 6.07) is 9.41. The van der Waals surface area contributed by atoms with Crippen LogP contribution in [0, 0.1) is 25.2 Å². The maximum absolute atomic E-state index is 12.0. The summed E-state index contributed by atoms with van der Waals surface area (Å²) in [4.78, 5) is 12.0. The highest BCUT2D eigenvalue weighted by Crippen LogP contribution is 2.21. The minimum atomic E-state index is -0.316. The van der Waals surface area contributed by atoms with Crippen molar-refractivity contribution in [2.75, 3.05) is 0 Å². The maximum Gasteiger partial charge on any atom is 0.262 e. The van der Waals surface area contributed by atoms with Crippen molar-refractivity contribution in [1.82, 2.24) is 10.5 Å². The molecule has 0 unspecified atom stereocenters. The van der Waals surface area contributed by atoms with Crippen LogP contribution in [0.5, 0.6) is 5.75 Å². The van der Waals surface area contributed by atoms with Gasteiger partial charge < -0.3 is 14.6 Å². The number of carbonyl (C=O) groups is 1. The predicted molar refractivity (Wildman–Crippen MR) is 91.5 cm³/mol. The minimum Gasteiger partial charge on any atom is -0.489 e. The van der Waals surface area contributed by atoms with E-state index in [9.17, 15) is 4.79 Å². The lowest BCUT2D eigenvalue weighted by Crippen LogP contribution is -2.26. The Kier molecular flexibility index (Phi) is 4.85. The van der Waals surface area contributed by atoms with Gasteiger partial charge in [-0.15, -0.1) is 0 Å². The first kappa shape index (κ1) is 16.8. The highest BCUT2D eigenvalue weighted by atomic mass is 16.5. The fraction of sp³-hybridized carbons (Fsp3) is 0.316. The molecule has 1 aromatic heterocycles. The zero-order chi connectivity index (χ0) is 17.8. The Morgan fingerprint density at radius 2 is 2.12 bits per heavy atom. The fourth-order valence-corrected chi connectivity index (χ4v) is 2.33. The molecule has 1 aliphatic carbocycles. The SMILES string of the molecule is Cc1noc(C)c1COc1ccc(C=C(C#N)C(=O)NC2CC2)cc1. The van der Waals surface area contributed by atoms with Crippen LogP contribution in [-0.2, 0) is 11.4 Å². The van der Waals surface area contributed by atoms with Gasteiger partial charge in [0.25, 0.3) is 5.91 Å². The normalized spacial score (nSPS) is 14.0. The lowest BCUT2D eigenvalue weighted by Gasteiger charge is -2.06. The summed E-state index contributed by atoms with van der Waals surface area (Å²) in [6.07, 6.45) is 3.55. The number of hydrogen-bond donors (Lipinski definition) is 1. The second kappa shape index (κ2) is 7.22. The minimum absolute atomic E-state index is 0.108. The summed E-state index contributed by atoms with van der Waals surface area (Å²) < 4.78 is 10.8. The van der Waals surface area contributed by atoms with Gasteiger partial charge in [-0.1, -0.05) is 17.3 Å². The van der Waals surface area contributed by atoms with Gasteiger partial charge in [-0.05, 0) is 50.5 Å². The van der Waals surface area contributed by atoms with Crippen molar-refractivity contribution < 1.29 is 14.1 Å². The van der Waals surface area contributed by atoms with Crippen molar-refractivity contribution in [2.45, 2.75) is 39.3 Å². The molecule has 1 heterocycles. The summed E-state index contributed by atoms with van der Waals surface area (Å²) >= 11 is 0. The van der Waals surface area contributed by atoms with E-state index in [4.69, 9.17) is 14.5 Å². The maximum atomic E-state index is 12.0. The van der Waals surface area contributed by atoms with Gasteiger partial charge in [0.05, 0.1) is 11.3 Å². The smallest absolute Gasteiger partial charge is 0.262 e. The van der Waals surface area contributed by atoms with Gasteiger partial charge in [-0.2, -0.15) is 5.26 Å². The van der Waals surface area contributed by atoms with Crippen LogP contribution in [0.15, 0.2) is 34.4 Å². The Morgan fingerprint density at radius 1 is 1.40 bits per heavy atom. The molecule has 1 aliphatic rings. The van der Waals surface area contributed by atoms with Crippen molar-refractivity contribution >= 4 is 12.0 Å². The number of aryl methyl sites for hydroxylation is 2. The topological polar surface area (TPSA) is 88.2 Å². The molecule has 0 saturated heterocycles. The van der Waals surface area contributed by atoms with E-state index in [-0.39, 0.29) is 17.5 Å². The Morgan fingerprint density at radius 3 is 2.68 bits per heavy atom. The third-order valence-corrected chi connectivity index (χ3v) is 4.03. The molecule has 0 radical (unpaired) electrons. The van der Waals surface area contributed by atoms with E-state index < -0.39 is 0 Å². The van der Waals surface area contributed by atoms with E-state index in [0.29, 0.717) is 12.4 Å². The van der Waals surface area contributed by atoms with Gasteiger partial charge in [-0.3, -0.25) is 4.79 Å². The van der Waals surface area contributed by atoms with E-state index in [1.165, 1.54) is 0 Å². The molecule has 25 heavy (non-hydrogen) atoms. The van der Waals surface area contributed by atoms with Crippen LogP contribution in [0.3, 0.4) is 0 Å². The van der Waals surface area contributed by atoms with Crippen LogP contribution in [0.1, 0.15) is 35.4 Å². The summed E-state index contributed by atoms with van der Waals surface area (Å²) in [5.41, 5.74) is 2.63. The zero-order valence-corrected chi connectivity index (χ0v) is 14.2. The standard InChI is InChI=1S/C19H19N3O3/c1-12-18(13(2)25-22-12)11-24-17-7-3-14(4-8-17)9-15(10-20)19(23)21-16-5-6-16/h3-4,7-9,16H,5-6,11H2,1-2H3,(H,21,23). The van der Waals surface area contributed by atoms with E-state index in [2.05, 4.69) is 10.5 Å². The van der Waals surface area contributed by atoms with Crippen LogP contribution in [0.2, 0.25) is 0 Å². The molecule has 1 N–H and O–H groups in total. The summed E-state index contributed by atoms with van der Waals surface area (Å²) in [5.74, 6) is 1.12. The lowest BCUT2D eigenvalue weighted by molar-refractivity contribution is -0.117. The van der Waals surface area contributed by atoms with Crippen molar-refractivity contribution in [3.8, 4) is 11.8 Å². The Labute approximate surface area is 146 Å². The molecular formula is C19H19N3O3. The second-order valence-electron chi connectivity index (χ2n) is 6.08. The van der Waals surface area contributed by atoms with Crippen molar-refractivity contribution in [1.29, 1.82) is 5.26 Å². The molecule has 0 aliphatic heterocycles. The van der Waals surface area contributed by atoms with Gasteiger partial charge in [0.1, 0.15) is 29.8 Å². The predicted octanol–water partition coefficient (Wildman–Crippen LogP) is 3.06. The molecule has 3 rings (SSSR count). The quantitative estimate of drug-likeness (QED) is 0.646. The first-order valence-corrected chi connectivity index (χ1v) is 8.14. The monoisotopic (exact) mass is 337 g/mol. The number of amides is 1. The molecule has 1 amide bonds. The van der Waals surface area contributed by atoms with Gasteiger partial charge in [0.15, 0.2) is 0 Å². The van der Waals surface area contributed by atoms with Crippen LogP contribution >= 0.6 is 0 Å². The number of ether oxygens (including phenoxy) is 1. The molecule has 0 atom stereocenters. The Bertz CT molecular complexity index is 820. The van der Waals surface area contributed by atoms with Gasteiger partial charge >= 0.3 is 0 Å². The van der Waals surface area contributed by atoms with Crippen molar-refractivity contribution in [3.63, 3.8) is 0 Å². The molecule has 128 valence electrons. The highest BCUT2D eigenvalue weighted by molar-refractivity contribution is 6.01. The summed E-state index contributed by atoms with van der Waals surface area (Å²) in [5, 5.41) is 15.9. The molecule has 1 fully saturated rings. The number of aromatic nitrogens is 1. The number of carbonyl (C=O) groups excluding carboxylic acids is 1. The van der Waals surface area contributed by atoms with Crippen molar-refractivity contribution in [3.05, 3.63) is 52.4 Å². The molecule has 0 bridgehead atoms. The average Bonchev–Trinajstić information content (AvgIpc) is 3.37. The Balaban J connectivity index is 1.64. The number of rotatable bonds is 6. The first-order valence-electron chi connectivity index (χ1n) is 8.14. The first-order chi connectivity index (χ1) is 12.1. The third kappa shape index (κ3) is 4.27. The number of nitrogens with one attached hydrogen (secondary N) is 1. The van der Waals surface area contributed by atoms with Crippen LogP contribution in [0.25, 0.3) is 6.08 Å². The number of benzene rings is 1. The largest absolute Gasteiger partial charge is 0.489 e. The third-order valence-electron chi connectivity index (χ3n) is 4.03. The van der Waals surface area contributed by atoms with Crippen LogP contribution in [-0.4, -0.2) is 17.1 Å². The van der Waals surface area contributed by atoms with E-state index >= 15 is 0 Å². The lowest BCUT2D eigenvalue weighted by atomic mass is 10.1. The number of nitrogens with zero attached hydrogens (tertiary/aromatic N) is 2. The van der Waals surface area contributed by atoms with Crippen LogP contribution < -0.4 is 10.1 Å². The molecule has 1 aromatic carbocycles. The second-order valence-corrected chi connectivity index (χ2v) is 6.08. The molecule has 0 spiro atoms. The van der Waals surface area contributed by atoms with Gasteiger partial charge in [0.2, 0.25) is 0 Å². The molecule has 2 aromatic rings. The molecular weight excluding hydrogens is 318 g/mol. The zero-order valence-electron chi connectivity index (χ0n) is 14.2. The molecule has 6 heteroatoms. The fourth-order valence-electron chi connectivity index (χ4n) is 2.33. The van der Waals surface area contributed by atoms with E-state index in [1.54, 1.807) is 18.2 Å². The van der Waals surface area contributed by atoms with Crippen LogP contribution in [0.4, 0.5) is 0 Å². The van der Waals surface area contributed by atoms with Gasteiger partial charge in [-0.25, -0.2) is 0 Å². The number of hydrogen-bond acceptors (Lipinski definition) is 5. The number of nitriles is 1. The summed E-state index contributed by atoms with van der Waals surface area (Å²) in [7, 11) is 0. The highest BCUT2D eigenvalue weighted by Gasteiger charge is 2.24. The van der Waals surface area contributed by atoms with Crippen molar-refractivity contribution in [2.24, 2.45) is 0 Å². The average molecular weight is 337 g/mol. The molecule has 6 nitrogen and oxygen atoms in total. The molecule has 1 saturated carbocycles. The van der Waals surface area contributed by atoms with Gasteiger partial charge in [0, 0.05) is 6.04 Å².